The maximum absolute atomic E-state index is 7.04. The van der Waals surface area contributed by atoms with Gasteiger partial charge in [0.2, 0.25) is 0 Å². The molecule has 6 heteroatoms. The Labute approximate surface area is 167 Å². The van der Waals surface area contributed by atoms with Gasteiger partial charge in [-0.25, -0.2) is 0 Å². The highest BCUT2D eigenvalue weighted by Crippen LogP contribution is 2.84. The van der Waals surface area contributed by atoms with Crippen molar-refractivity contribution in [2.45, 2.75) is 76.3 Å². The highest BCUT2D eigenvalue weighted by atomic mass is 16.7. The summed E-state index contributed by atoms with van der Waals surface area (Å²) in [5.41, 5.74) is -1.38. The van der Waals surface area contributed by atoms with E-state index in [1.165, 1.54) is 0 Å². The smallest absolute Gasteiger partial charge is 0.167 e. The Morgan fingerprint density at radius 1 is 1.00 bits per heavy atom. The summed E-state index contributed by atoms with van der Waals surface area (Å²) in [6, 6.07) is 0. The van der Waals surface area contributed by atoms with Gasteiger partial charge in [-0.15, -0.1) is 0 Å². The zero-order chi connectivity index (χ0) is 19.7. The molecule has 2 spiro atoms. The lowest BCUT2D eigenvalue weighted by Gasteiger charge is -2.50. The highest BCUT2D eigenvalue weighted by Gasteiger charge is 2.96. The van der Waals surface area contributed by atoms with E-state index in [2.05, 4.69) is 27.7 Å². The second-order valence-electron chi connectivity index (χ2n) is 11.1. The van der Waals surface area contributed by atoms with Crippen LogP contribution in [0.15, 0.2) is 0 Å². The van der Waals surface area contributed by atoms with Crippen molar-refractivity contribution in [1.82, 2.24) is 0 Å². The predicted molar refractivity (Wildman–Crippen MR) is 99.8 cm³/mol. The van der Waals surface area contributed by atoms with Gasteiger partial charge in [0, 0.05) is 25.6 Å². The van der Waals surface area contributed by atoms with Crippen LogP contribution in [0.5, 0.6) is 0 Å². The Morgan fingerprint density at radius 2 is 1.79 bits per heavy atom. The van der Waals surface area contributed by atoms with Crippen molar-refractivity contribution in [3.8, 4) is 0 Å². The van der Waals surface area contributed by atoms with E-state index in [1.807, 2.05) is 14.2 Å². The van der Waals surface area contributed by atoms with Crippen molar-refractivity contribution in [2.75, 3.05) is 34.0 Å². The minimum Gasteiger partial charge on any atom is -0.378 e. The number of methoxy groups -OCH3 is 2. The van der Waals surface area contributed by atoms with Crippen LogP contribution in [0, 0.1) is 28.1 Å². The summed E-state index contributed by atoms with van der Waals surface area (Å²) in [4.78, 5) is 0. The first-order chi connectivity index (χ1) is 13.3. The summed E-state index contributed by atoms with van der Waals surface area (Å²) >= 11 is 0. The fraction of sp³-hybridized carbons (Fsp3) is 1.00. The molecule has 2 saturated carbocycles. The van der Waals surface area contributed by atoms with Crippen molar-refractivity contribution in [3.05, 3.63) is 0 Å². The molecule has 0 N–H and O–H groups in total. The van der Waals surface area contributed by atoms with E-state index in [1.54, 1.807) is 0 Å². The van der Waals surface area contributed by atoms with Crippen LogP contribution in [0.2, 0.25) is 0 Å². The molecule has 0 aromatic rings. The minimum atomic E-state index is -0.540. The predicted octanol–water partition coefficient (Wildman–Crippen LogP) is 2.39. The first-order valence-corrected chi connectivity index (χ1v) is 10.9. The lowest BCUT2D eigenvalue weighted by molar-refractivity contribution is -0.252. The lowest BCUT2D eigenvalue weighted by atomic mass is 9.51. The van der Waals surface area contributed by atoms with Crippen LogP contribution in [0.1, 0.15) is 40.5 Å². The van der Waals surface area contributed by atoms with Crippen LogP contribution in [-0.2, 0) is 28.4 Å². The molecule has 0 aromatic heterocycles. The Hall–Kier alpha value is -0.240. The Balaban J connectivity index is 1.64. The van der Waals surface area contributed by atoms with Gasteiger partial charge in [-0.3, -0.25) is 0 Å². The minimum absolute atomic E-state index is 0.00154. The summed E-state index contributed by atoms with van der Waals surface area (Å²) < 4.78 is 38.9. The summed E-state index contributed by atoms with van der Waals surface area (Å²) in [5, 5.41) is 0. The van der Waals surface area contributed by atoms with Gasteiger partial charge in [-0.1, -0.05) is 27.7 Å². The van der Waals surface area contributed by atoms with E-state index < -0.39 is 11.2 Å². The molecule has 0 amide bonds. The van der Waals surface area contributed by atoms with Gasteiger partial charge in [0.1, 0.15) is 11.2 Å². The molecule has 2 aliphatic carbocycles. The van der Waals surface area contributed by atoms with Gasteiger partial charge < -0.3 is 28.4 Å². The molecular weight excluding hydrogens is 360 g/mol. The molecule has 6 fully saturated rings. The quantitative estimate of drug-likeness (QED) is 0.717. The van der Waals surface area contributed by atoms with Crippen molar-refractivity contribution < 1.29 is 28.4 Å². The molecule has 158 valence electrons. The SMILES string of the molecule is CO[C@H]1COC2OC34COC5CC(C(C)(C)C)C21C53CC1OC[C@@H](C)[C@@]14OC. The fourth-order valence-electron chi connectivity index (χ4n) is 9.15. The second kappa shape index (κ2) is 5.14. The lowest BCUT2D eigenvalue weighted by Crippen LogP contribution is -2.65. The van der Waals surface area contributed by atoms with E-state index >= 15 is 0 Å². The molecule has 6 aliphatic rings. The number of hydrogen-bond acceptors (Lipinski definition) is 6. The average molecular weight is 395 g/mol. The van der Waals surface area contributed by atoms with E-state index in [0.717, 1.165) is 12.8 Å². The number of hydrogen-bond donors (Lipinski definition) is 0. The molecule has 10 atom stereocenters. The molecule has 0 bridgehead atoms. The zero-order valence-electron chi connectivity index (χ0n) is 17.9. The fourth-order valence-corrected chi connectivity index (χ4v) is 9.15. The molecular formula is C22H34O6. The van der Waals surface area contributed by atoms with Crippen LogP contribution in [-0.4, -0.2) is 69.8 Å². The van der Waals surface area contributed by atoms with Gasteiger partial charge in [-0.05, 0) is 24.2 Å². The molecule has 28 heavy (non-hydrogen) atoms. The first kappa shape index (κ1) is 18.5. The molecule has 4 aliphatic heterocycles. The largest absolute Gasteiger partial charge is 0.378 e. The summed E-state index contributed by atoms with van der Waals surface area (Å²) in [5.74, 6) is 0.627. The van der Waals surface area contributed by atoms with Gasteiger partial charge in [0.05, 0.1) is 43.5 Å². The third kappa shape index (κ3) is 1.47. The van der Waals surface area contributed by atoms with Crippen LogP contribution in [0.4, 0.5) is 0 Å². The molecule has 4 heterocycles. The van der Waals surface area contributed by atoms with E-state index in [0.29, 0.717) is 25.7 Å². The molecule has 6 nitrogen and oxygen atoms in total. The van der Waals surface area contributed by atoms with E-state index in [9.17, 15) is 0 Å². The van der Waals surface area contributed by atoms with Gasteiger partial charge in [0.15, 0.2) is 6.29 Å². The third-order valence-corrected chi connectivity index (χ3v) is 9.75. The first-order valence-electron chi connectivity index (χ1n) is 10.9. The van der Waals surface area contributed by atoms with E-state index in [-0.39, 0.29) is 46.8 Å². The normalized spacial score (nSPS) is 61.5. The molecule has 4 saturated heterocycles. The van der Waals surface area contributed by atoms with E-state index in [4.69, 9.17) is 28.4 Å². The molecule has 0 aromatic carbocycles. The van der Waals surface area contributed by atoms with Gasteiger partial charge in [0.25, 0.3) is 0 Å². The maximum atomic E-state index is 7.04. The highest BCUT2D eigenvalue weighted by molar-refractivity contribution is 5.41. The topological polar surface area (TPSA) is 55.4 Å². The standard InChI is InChI=1S/C22H34O6/c1-12-9-25-15-8-19-14-7-13(18(2,3)4)21(19)16(23-5)10-26-17(21)28-20(19,11-27-14)22(12,15)24-6/h12-17H,7-11H2,1-6H3/t12-,13?,14?,15?,16+,17?,19?,20?,21?,22-/m1/s1. The monoisotopic (exact) mass is 394 g/mol. The Kier molecular flexibility index (Phi) is 3.40. The average Bonchev–Trinajstić information content (AvgIpc) is 3.37. The van der Waals surface area contributed by atoms with Crippen LogP contribution in [0.25, 0.3) is 0 Å². The summed E-state index contributed by atoms with van der Waals surface area (Å²) in [7, 11) is 3.65. The Morgan fingerprint density at radius 3 is 2.46 bits per heavy atom. The van der Waals surface area contributed by atoms with Crippen molar-refractivity contribution in [3.63, 3.8) is 0 Å². The van der Waals surface area contributed by atoms with Crippen molar-refractivity contribution >= 4 is 0 Å². The maximum Gasteiger partial charge on any atom is 0.167 e. The van der Waals surface area contributed by atoms with Crippen molar-refractivity contribution in [2.24, 2.45) is 28.1 Å². The number of ether oxygens (including phenoxy) is 6. The third-order valence-electron chi connectivity index (χ3n) is 9.75. The van der Waals surface area contributed by atoms with Gasteiger partial charge in [-0.2, -0.15) is 0 Å². The molecule has 6 rings (SSSR count). The van der Waals surface area contributed by atoms with Crippen LogP contribution < -0.4 is 0 Å². The Bertz CT molecular complexity index is 706. The number of rotatable bonds is 2. The summed E-state index contributed by atoms with van der Waals surface area (Å²) in [6.45, 7) is 11.1. The number of fused-ring (bicyclic) bond motifs is 1. The zero-order valence-corrected chi connectivity index (χ0v) is 17.9. The van der Waals surface area contributed by atoms with Gasteiger partial charge >= 0.3 is 0 Å². The van der Waals surface area contributed by atoms with Crippen LogP contribution >= 0.6 is 0 Å². The summed E-state index contributed by atoms with van der Waals surface area (Å²) in [6.07, 6.45) is 1.83. The molecule has 0 radical (unpaired) electrons. The second-order valence-corrected chi connectivity index (χ2v) is 11.1. The molecule has 7 unspecified atom stereocenters. The van der Waals surface area contributed by atoms with Crippen molar-refractivity contribution in [1.29, 1.82) is 0 Å². The van der Waals surface area contributed by atoms with Crippen LogP contribution in [0.3, 0.4) is 0 Å².